The molecule has 3 aromatic rings. The van der Waals surface area contributed by atoms with Crippen LogP contribution in [0.4, 0.5) is 0 Å². The van der Waals surface area contributed by atoms with Crippen LogP contribution in [0, 0.1) is 0 Å². The number of nitrogens with one attached hydrogen (secondary N) is 1. The van der Waals surface area contributed by atoms with Crippen molar-refractivity contribution < 1.29 is 14.3 Å². The quantitative estimate of drug-likeness (QED) is 0.402. The van der Waals surface area contributed by atoms with Gasteiger partial charge in [-0.2, -0.15) is 0 Å². The molecule has 0 bridgehead atoms. The van der Waals surface area contributed by atoms with E-state index in [4.69, 9.17) is 4.43 Å². The minimum absolute atomic E-state index is 0.0747. The Bertz CT molecular complexity index is 914. The Morgan fingerprint density at radius 1 is 0.903 bits per heavy atom. The van der Waals surface area contributed by atoms with Gasteiger partial charge in [-0.05, 0) is 33.3 Å². The molecule has 4 nitrogen and oxygen atoms in total. The van der Waals surface area contributed by atoms with Gasteiger partial charge in [-0.15, -0.1) is 0 Å². The molecule has 5 heteroatoms. The van der Waals surface area contributed by atoms with Gasteiger partial charge in [-0.3, -0.25) is 10.1 Å². The molecule has 3 rings (SSSR count). The number of carboxylic acids is 1. The molecule has 0 unspecified atom stereocenters. The average molecular weight is 434 g/mol. The van der Waals surface area contributed by atoms with Crippen molar-refractivity contribution in [2.45, 2.75) is 38.6 Å². The van der Waals surface area contributed by atoms with Gasteiger partial charge in [0.15, 0.2) is 0 Å². The molecule has 0 aliphatic rings. The van der Waals surface area contributed by atoms with Crippen molar-refractivity contribution in [3.05, 3.63) is 96.1 Å². The monoisotopic (exact) mass is 433 g/mol. The number of benzene rings is 3. The topological polar surface area (TPSA) is 58.6 Å². The summed E-state index contributed by atoms with van der Waals surface area (Å²) in [5, 5.41) is 15.1. The molecule has 0 aliphatic heterocycles. The van der Waals surface area contributed by atoms with E-state index in [0.717, 1.165) is 5.56 Å². The lowest BCUT2D eigenvalue weighted by Gasteiger charge is -2.21. The molecule has 0 aromatic heterocycles. The number of carbonyl (C=O) groups is 1. The van der Waals surface area contributed by atoms with Crippen LogP contribution in [0.25, 0.3) is 0 Å². The standard InChI is InChI=1S/C26H31NO3Si/c1-26(2,3)21-16-14-20(15-17-21)18-24(25(28)29)27-19-30-31(22-10-6-4-7-11-22)23-12-8-5-9-13-23/h4-17,24,27,31H,18-19H2,1-3H3,(H,28,29)/t24-/m0/s1. The van der Waals surface area contributed by atoms with E-state index in [1.54, 1.807) is 0 Å². The maximum Gasteiger partial charge on any atom is 0.321 e. The van der Waals surface area contributed by atoms with Crippen LogP contribution < -0.4 is 15.7 Å². The minimum atomic E-state index is -1.91. The summed E-state index contributed by atoms with van der Waals surface area (Å²) in [6.07, 6.45) is 0.409. The van der Waals surface area contributed by atoms with E-state index in [0.29, 0.717) is 6.42 Å². The highest BCUT2D eigenvalue weighted by molar-refractivity contribution is 6.80. The van der Waals surface area contributed by atoms with Gasteiger partial charge >= 0.3 is 5.97 Å². The highest BCUT2D eigenvalue weighted by atomic mass is 28.3. The van der Waals surface area contributed by atoms with Crippen molar-refractivity contribution in [2.75, 3.05) is 6.73 Å². The molecule has 0 aliphatic carbocycles. The molecule has 0 spiro atoms. The summed E-state index contributed by atoms with van der Waals surface area (Å²) < 4.78 is 6.26. The molecule has 0 radical (unpaired) electrons. The fourth-order valence-electron chi connectivity index (χ4n) is 3.50. The van der Waals surface area contributed by atoms with Crippen molar-refractivity contribution in [1.82, 2.24) is 5.32 Å². The molecule has 3 aromatic carbocycles. The summed E-state index contributed by atoms with van der Waals surface area (Å²) in [6, 6.07) is 27.8. The zero-order valence-electron chi connectivity index (χ0n) is 18.4. The van der Waals surface area contributed by atoms with Gasteiger partial charge in [0.25, 0.3) is 0 Å². The number of rotatable bonds is 9. The van der Waals surface area contributed by atoms with Crippen LogP contribution in [0.15, 0.2) is 84.9 Å². The maximum atomic E-state index is 11.8. The minimum Gasteiger partial charge on any atom is -0.480 e. The fourth-order valence-corrected chi connectivity index (χ4v) is 5.67. The number of carboxylic acid groups (broad SMARTS) is 1. The molecular weight excluding hydrogens is 402 g/mol. The largest absolute Gasteiger partial charge is 0.480 e. The van der Waals surface area contributed by atoms with Crippen LogP contribution in [-0.4, -0.2) is 32.9 Å². The SMILES string of the molecule is CC(C)(C)c1ccc(C[C@H](NCO[SiH](c2ccccc2)c2ccccc2)C(=O)O)cc1. The molecule has 0 saturated carbocycles. The fraction of sp³-hybridized carbons (Fsp3) is 0.269. The zero-order chi connectivity index (χ0) is 22.3. The van der Waals surface area contributed by atoms with Crippen LogP contribution in [-0.2, 0) is 21.1 Å². The molecule has 2 N–H and O–H groups in total. The Kier molecular flexibility index (Phi) is 7.79. The molecule has 0 heterocycles. The summed E-state index contributed by atoms with van der Waals surface area (Å²) >= 11 is 0. The zero-order valence-corrected chi connectivity index (χ0v) is 19.6. The highest BCUT2D eigenvalue weighted by Gasteiger charge is 2.21. The summed E-state index contributed by atoms with van der Waals surface area (Å²) in [5.41, 5.74) is 2.30. The number of hydrogen-bond donors (Lipinski definition) is 2. The average Bonchev–Trinajstić information content (AvgIpc) is 2.76. The molecule has 1 atom stereocenters. The molecule has 0 saturated heterocycles. The van der Waals surface area contributed by atoms with Crippen molar-refractivity contribution in [2.24, 2.45) is 0 Å². The van der Waals surface area contributed by atoms with Crippen molar-refractivity contribution in [1.29, 1.82) is 0 Å². The first-order valence-corrected chi connectivity index (χ1v) is 12.2. The molecule has 31 heavy (non-hydrogen) atoms. The van der Waals surface area contributed by atoms with E-state index in [2.05, 4.69) is 62.5 Å². The predicted molar refractivity (Wildman–Crippen MR) is 129 cm³/mol. The van der Waals surface area contributed by atoms with Crippen LogP contribution >= 0.6 is 0 Å². The van der Waals surface area contributed by atoms with Gasteiger partial charge in [0.1, 0.15) is 6.04 Å². The summed E-state index contributed by atoms with van der Waals surface area (Å²) in [7, 11) is -1.91. The maximum absolute atomic E-state index is 11.8. The van der Waals surface area contributed by atoms with Gasteiger partial charge in [0.2, 0.25) is 9.04 Å². The normalized spacial score (nSPS) is 12.6. The number of hydrogen-bond acceptors (Lipinski definition) is 3. The van der Waals surface area contributed by atoms with Gasteiger partial charge in [0, 0.05) is 0 Å². The summed E-state index contributed by atoms with van der Waals surface area (Å²) in [5.74, 6) is -0.874. The Hall–Kier alpha value is -2.73. The number of aliphatic carboxylic acids is 1. The first-order chi connectivity index (χ1) is 14.8. The Morgan fingerprint density at radius 3 is 1.87 bits per heavy atom. The van der Waals surface area contributed by atoms with Crippen LogP contribution in [0.5, 0.6) is 0 Å². The Balaban J connectivity index is 1.65. The molecule has 162 valence electrons. The second kappa shape index (κ2) is 10.5. The molecule has 0 amide bonds. The van der Waals surface area contributed by atoms with E-state index < -0.39 is 21.1 Å². The lowest BCUT2D eigenvalue weighted by Crippen LogP contribution is -2.49. The van der Waals surface area contributed by atoms with Gasteiger partial charge in [-0.25, -0.2) is 0 Å². The third-order valence-corrected chi connectivity index (χ3v) is 7.82. The third kappa shape index (κ3) is 6.62. The van der Waals surface area contributed by atoms with Crippen molar-refractivity contribution in [3.8, 4) is 0 Å². The highest BCUT2D eigenvalue weighted by Crippen LogP contribution is 2.22. The second-order valence-corrected chi connectivity index (χ2v) is 11.2. The van der Waals surface area contributed by atoms with Crippen molar-refractivity contribution in [3.63, 3.8) is 0 Å². The lowest BCUT2D eigenvalue weighted by atomic mass is 9.86. The summed E-state index contributed by atoms with van der Waals surface area (Å²) in [4.78, 5) is 11.8. The smallest absolute Gasteiger partial charge is 0.321 e. The molecular formula is C26H31NO3Si. The van der Waals surface area contributed by atoms with E-state index in [-0.39, 0.29) is 12.1 Å². The van der Waals surface area contributed by atoms with E-state index in [1.165, 1.54) is 15.9 Å². The van der Waals surface area contributed by atoms with Crippen LogP contribution in [0.1, 0.15) is 31.9 Å². The van der Waals surface area contributed by atoms with Crippen molar-refractivity contribution >= 4 is 25.4 Å². The van der Waals surface area contributed by atoms with Gasteiger partial charge < -0.3 is 9.53 Å². The Labute approximate surface area is 186 Å². The summed E-state index contributed by atoms with van der Waals surface area (Å²) in [6.45, 7) is 6.69. The second-order valence-electron chi connectivity index (χ2n) is 8.76. The lowest BCUT2D eigenvalue weighted by molar-refractivity contribution is -0.139. The van der Waals surface area contributed by atoms with E-state index in [1.807, 2.05) is 48.5 Å². The molecule has 0 fully saturated rings. The van der Waals surface area contributed by atoms with E-state index >= 15 is 0 Å². The predicted octanol–water partition coefficient (Wildman–Crippen LogP) is 3.08. The first-order valence-electron chi connectivity index (χ1n) is 10.6. The third-order valence-electron chi connectivity index (χ3n) is 5.34. The van der Waals surface area contributed by atoms with Gasteiger partial charge in [-0.1, -0.05) is 106 Å². The van der Waals surface area contributed by atoms with Crippen LogP contribution in [0.2, 0.25) is 0 Å². The first kappa shape index (κ1) is 22.9. The van der Waals surface area contributed by atoms with Gasteiger partial charge in [0.05, 0.1) is 6.73 Å². The van der Waals surface area contributed by atoms with E-state index in [9.17, 15) is 9.90 Å². The Morgan fingerprint density at radius 2 is 1.42 bits per heavy atom. The van der Waals surface area contributed by atoms with Crippen LogP contribution in [0.3, 0.4) is 0 Å².